The van der Waals surface area contributed by atoms with Crippen LogP contribution in [0.3, 0.4) is 0 Å². The van der Waals surface area contributed by atoms with E-state index in [0.717, 1.165) is 35.5 Å². The predicted octanol–water partition coefficient (Wildman–Crippen LogP) is 2.13. The van der Waals surface area contributed by atoms with Gasteiger partial charge in [0.25, 0.3) is 0 Å². The molecule has 4 nitrogen and oxygen atoms in total. The summed E-state index contributed by atoms with van der Waals surface area (Å²) in [5.74, 6) is 1.05. The molecule has 2 rings (SSSR count). The van der Waals surface area contributed by atoms with Gasteiger partial charge in [0.2, 0.25) is 0 Å². The monoisotopic (exact) mass is 274 g/mol. The Hall–Kier alpha value is -1.81. The third-order valence-corrected chi connectivity index (χ3v) is 3.56. The number of hydrogen-bond acceptors (Lipinski definition) is 3. The molecule has 0 saturated carbocycles. The highest BCUT2D eigenvalue weighted by Crippen LogP contribution is 2.22. The standard InChI is InChI=1S/C16H22N2O2/c1-12-8-15(18(2)17-12)10-13(11-19)9-14-6-4-5-7-16(14)20-3/h4-8,13,19H,9-11H2,1-3H3. The van der Waals surface area contributed by atoms with Gasteiger partial charge >= 0.3 is 0 Å². The van der Waals surface area contributed by atoms with Crippen LogP contribution < -0.4 is 4.74 Å². The van der Waals surface area contributed by atoms with Crippen molar-refractivity contribution in [2.75, 3.05) is 13.7 Å². The minimum atomic E-state index is 0.155. The van der Waals surface area contributed by atoms with Gasteiger partial charge in [-0.3, -0.25) is 4.68 Å². The Morgan fingerprint density at radius 1 is 1.30 bits per heavy atom. The lowest BCUT2D eigenvalue weighted by atomic mass is 9.95. The molecule has 1 N–H and O–H groups in total. The number of para-hydroxylation sites is 1. The summed E-state index contributed by atoms with van der Waals surface area (Å²) >= 11 is 0. The van der Waals surface area contributed by atoms with Crippen molar-refractivity contribution in [3.05, 3.63) is 47.3 Å². The van der Waals surface area contributed by atoms with Crippen molar-refractivity contribution in [3.63, 3.8) is 0 Å². The van der Waals surface area contributed by atoms with Crippen molar-refractivity contribution in [2.45, 2.75) is 19.8 Å². The zero-order valence-electron chi connectivity index (χ0n) is 12.3. The van der Waals surface area contributed by atoms with Gasteiger partial charge in [0.05, 0.1) is 12.8 Å². The minimum absolute atomic E-state index is 0.155. The maximum Gasteiger partial charge on any atom is 0.122 e. The predicted molar refractivity (Wildman–Crippen MR) is 78.9 cm³/mol. The number of hydrogen-bond donors (Lipinski definition) is 1. The molecule has 1 aromatic carbocycles. The lowest BCUT2D eigenvalue weighted by Crippen LogP contribution is -2.15. The van der Waals surface area contributed by atoms with E-state index in [1.807, 2.05) is 36.9 Å². The molecule has 0 radical (unpaired) electrons. The van der Waals surface area contributed by atoms with E-state index < -0.39 is 0 Å². The van der Waals surface area contributed by atoms with Gasteiger partial charge < -0.3 is 9.84 Å². The van der Waals surface area contributed by atoms with Crippen LogP contribution in [0.25, 0.3) is 0 Å². The fourth-order valence-corrected chi connectivity index (χ4v) is 2.53. The van der Waals surface area contributed by atoms with Crippen molar-refractivity contribution >= 4 is 0 Å². The number of nitrogens with zero attached hydrogens (tertiary/aromatic N) is 2. The van der Waals surface area contributed by atoms with Crippen LogP contribution in [-0.4, -0.2) is 28.6 Å². The fourth-order valence-electron chi connectivity index (χ4n) is 2.53. The highest BCUT2D eigenvalue weighted by molar-refractivity contribution is 5.33. The third-order valence-electron chi connectivity index (χ3n) is 3.56. The Bertz CT molecular complexity index is 563. The Morgan fingerprint density at radius 3 is 2.65 bits per heavy atom. The van der Waals surface area contributed by atoms with Crippen LogP contribution in [0.5, 0.6) is 5.75 Å². The number of aliphatic hydroxyl groups is 1. The van der Waals surface area contributed by atoms with E-state index >= 15 is 0 Å². The average Bonchev–Trinajstić information content (AvgIpc) is 2.76. The normalized spacial score (nSPS) is 12.4. The highest BCUT2D eigenvalue weighted by Gasteiger charge is 2.15. The maximum absolute atomic E-state index is 9.64. The minimum Gasteiger partial charge on any atom is -0.496 e. The van der Waals surface area contributed by atoms with Gasteiger partial charge in [-0.1, -0.05) is 18.2 Å². The van der Waals surface area contributed by atoms with Crippen molar-refractivity contribution in [1.82, 2.24) is 9.78 Å². The molecule has 0 aliphatic heterocycles. The topological polar surface area (TPSA) is 47.3 Å². The Balaban J connectivity index is 2.11. The summed E-state index contributed by atoms with van der Waals surface area (Å²) in [5, 5.41) is 14.0. The van der Waals surface area contributed by atoms with E-state index in [0.29, 0.717) is 0 Å². The Morgan fingerprint density at radius 2 is 2.05 bits per heavy atom. The Kier molecular flexibility index (Phi) is 4.79. The molecule has 0 fully saturated rings. The zero-order chi connectivity index (χ0) is 14.5. The zero-order valence-corrected chi connectivity index (χ0v) is 12.3. The first-order valence-corrected chi connectivity index (χ1v) is 6.86. The molecule has 0 aliphatic carbocycles. The molecule has 0 aliphatic rings. The number of aromatic nitrogens is 2. The molecule has 0 saturated heterocycles. The molecule has 1 atom stereocenters. The van der Waals surface area contributed by atoms with Crippen LogP contribution >= 0.6 is 0 Å². The number of aryl methyl sites for hydroxylation is 2. The smallest absolute Gasteiger partial charge is 0.122 e. The van der Waals surface area contributed by atoms with Gasteiger partial charge in [-0.05, 0) is 43.4 Å². The third kappa shape index (κ3) is 3.39. The second-order valence-corrected chi connectivity index (χ2v) is 5.17. The lowest BCUT2D eigenvalue weighted by molar-refractivity contribution is 0.222. The van der Waals surface area contributed by atoms with Crippen LogP contribution in [0.2, 0.25) is 0 Å². The van der Waals surface area contributed by atoms with Gasteiger partial charge in [-0.25, -0.2) is 0 Å². The van der Waals surface area contributed by atoms with E-state index in [-0.39, 0.29) is 12.5 Å². The maximum atomic E-state index is 9.64. The Labute approximate surface area is 120 Å². The van der Waals surface area contributed by atoms with Crippen molar-refractivity contribution < 1.29 is 9.84 Å². The summed E-state index contributed by atoms with van der Waals surface area (Å²) < 4.78 is 7.26. The van der Waals surface area contributed by atoms with Gasteiger partial charge in [-0.2, -0.15) is 5.10 Å². The van der Waals surface area contributed by atoms with Crippen LogP contribution in [0.4, 0.5) is 0 Å². The summed E-state index contributed by atoms with van der Waals surface area (Å²) in [7, 11) is 3.62. The number of ether oxygens (including phenoxy) is 1. The number of benzene rings is 1. The molecule has 0 spiro atoms. The van der Waals surface area contributed by atoms with E-state index in [4.69, 9.17) is 4.74 Å². The summed E-state index contributed by atoms with van der Waals surface area (Å²) in [6.45, 7) is 2.14. The molecule has 4 heteroatoms. The SMILES string of the molecule is COc1ccccc1CC(CO)Cc1cc(C)nn1C. The molecule has 1 aromatic heterocycles. The van der Waals surface area contributed by atoms with Gasteiger partial charge in [-0.15, -0.1) is 0 Å². The van der Waals surface area contributed by atoms with Crippen molar-refractivity contribution in [1.29, 1.82) is 0 Å². The van der Waals surface area contributed by atoms with Crippen LogP contribution in [0.15, 0.2) is 30.3 Å². The van der Waals surface area contributed by atoms with Crippen LogP contribution in [0.1, 0.15) is 17.0 Å². The molecule has 1 unspecified atom stereocenters. The second-order valence-electron chi connectivity index (χ2n) is 5.17. The van der Waals surface area contributed by atoms with Crippen molar-refractivity contribution in [3.8, 4) is 5.75 Å². The first kappa shape index (κ1) is 14.6. The van der Waals surface area contributed by atoms with Gasteiger partial charge in [0.1, 0.15) is 5.75 Å². The summed E-state index contributed by atoms with van der Waals surface area (Å²) in [6.07, 6.45) is 1.61. The van der Waals surface area contributed by atoms with Crippen LogP contribution in [0, 0.1) is 12.8 Å². The first-order chi connectivity index (χ1) is 9.63. The molecule has 2 aromatic rings. The van der Waals surface area contributed by atoms with Gasteiger partial charge in [0, 0.05) is 19.3 Å². The number of aliphatic hydroxyl groups excluding tert-OH is 1. The van der Waals surface area contributed by atoms with Crippen LogP contribution in [-0.2, 0) is 19.9 Å². The molecule has 20 heavy (non-hydrogen) atoms. The highest BCUT2D eigenvalue weighted by atomic mass is 16.5. The second kappa shape index (κ2) is 6.57. The molecule has 0 bridgehead atoms. The largest absolute Gasteiger partial charge is 0.496 e. The molecule has 1 heterocycles. The lowest BCUT2D eigenvalue weighted by Gasteiger charge is -2.16. The van der Waals surface area contributed by atoms with E-state index in [1.165, 1.54) is 0 Å². The van der Waals surface area contributed by atoms with E-state index in [9.17, 15) is 5.11 Å². The molecular weight excluding hydrogens is 252 g/mol. The number of rotatable bonds is 6. The average molecular weight is 274 g/mol. The fraction of sp³-hybridized carbons (Fsp3) is 0.438. The van der Waals surface area contributed by atoms with Crippen molar-refractivity contribution in [2.24, 2.45) is 13.0 Å². The van der Waals surface area contributed by atoms with Gasteiger partial charge in [0.15, 0.2) is 0 Å². The van der Waals surface area contributed by atoms with E-state index in [2.05, 4.69) is 17.2 Å². The summed E-state index contributed by atoms with van der Waals surface area (Å²) in [4.78, 5) is 0. The number of methoxy groups -OCH3 is 1. The molecule has 0 amide bonds. The van der Waals surface area contributed by atoms with E-state index in [1.54, 1.807) is 7.11 Å². The first-order valence-electron chi connectivity index (χ1n) is 6.86. The molecule has 108 valence electrons. The molecular formula is C16H22N2O2. The quantitative estimate of drug-likeness (QED) is 0.878. The summed E-state index contributed by atoms with van der Waals surface area (Å²) in [6, 6.07) is 10.0. The summed E-state index contributed by atoms with van der Waals surface area (Å²) in [5.41, 5.74) is 3.29.